The van der Waals surface area contributed by atoms with Crippen molar-refractivity contribution >= 4 is 34.1 Å². The Bertz CT molecular complexity index is 1300. The number of hydrogen-bond acceptors (Lipinski definition) is 4. The molecule has 2 aliphatic rings. The SMILES string of the molecule is CC(c1ccc(Cl)cc1C(F)(F)F)n1nnc2ccc(C3=CCN(C(=O)[C@H]4CCCN4)CC3)cc21. The highest BCUT2D eigenvalue weighted by Gasteiger charge is 2.35. The first-order valence-corrected chi connectivity index (χ1v) is 12.0. The number of halogens is 4. The van der Waals surface area contributed by atoms with Crippen LogP contribution in [0.15, 0.2) is 42.5 Å². The fraction of sp³-hybridized carbons (Fsp3) is 0.400. The number of nitrogens with one attached hydrogen (secondary N) is 1. The molecule has 1 unspecified atom stereocenters. The topological polar surface area (TPSA) is 63.1 Å². The van der Waals surface area contributed by atoms with Crippen LogP contribution in [0.2, 0.25) is 5.02 Å². The van der Waals surface area contributed by atoms with E-state index in [1.54, 1.807) is 6.92 Å². The number of benzene rings is 2. The highest BCUT2D eigenvalue weighted by molar-refractivity contribution is 6.30. The van der Waals surface area contributed by atoms with Gasteiger partial charge in [-0.25, -0.2) is 4.68 Å². The molecule has 6 nitrogen and oxygen atoms in total. The Labute approximate surface area is 205 Å². The average Bonchev–Trinajstić information content (AvgIpc) is 3.53. The molecule has 2 atom stereocenters. The fourth-order valence-corrected chi connectivity index (χ4v) is 5.11. The summed E-state index contributed by atoms with van der Waals surface area (Å²) in [7, 11) is 0. The van der Waals surface area contributed by atoms with E-state index >= 15 is 0 Å². The van der Waals surface area contributed by atoms with Crippen LogP contribution in [0.4, 0.5) is 13.2 Å². The van der Waals surface area contributed by atoms with Crippen molar-refractivity contribution in [2.75, 3.05) is 19.6 Å². The Morgan fingerprint density at radius 1 is 1.23 bits per heavy atom. The van der Waals surface area contributed by atoms with Crippen LogP contribution in [0.5, 0.6) is 0 Å². The summed E-state index contributed by atoms with van der Waals surface area (Å²) >= 11 is 5.85. The summed E-state index contributed by atoms with van der Waals surface area (Å²) in [6.45, 7) is 3.72. The van der Waals surface area contributed by atoms with Crippen LogP contribution in [-0.4, -0.2) is 51.5 Å². The van der Waals surface area contributed by atoms with Gasteiger partial charge in [0.2, 0.25) is 5.91 Å². The monoisotopic (exact) mass is 503 g/mol. The van der Waals surface area contributed by atoms with Gasteiger partial charge < -0.3 is 10.2 Å². The molecule has 1 amide bonds. The van der Waals surface area contributed by atoms with E-state index in [2.05, 4.69) is 21.7 Å². The van der Waals surface area contributed by atoms with Crippen molar-refractivity contribution in [2.45, 2.75) is 44.4 Å². The molecule has 2 aliphatic heterocycles. The summed E-state index contributed by atoms with van der Waals surface area (Å²) in [6, 6.07) is 8.67. The van der Waals surface area contributed by atoms with Crippen LogP contribution in [0.3, 0.4) is 0 Å². The molecule has 0 radical (unpaired) electrons. The first-order valence-electron chi connectivity index (χ1n) is 11.7. The summed E-state index contributed by atoms with van der Waals surface area (Å²) in [4.78, 5) is 14.6. The minimum Gasteiger partial charge on any atom is -0.337 e. The van der Waals surface area contributed by atoms with Crippen molar-refractivity contribution in [3.63, 3.8) is 0 Å². The highest BCUT2D eigenvalue weighted by Crippen LogP contribution is 2.38. The van der Waals surface area contributed by atoms with Crippen LogP contribution in [0, 0.1) is 0 Å². The molecule has 0 bridgehead atoms. The molecule has 0 aliphatic carbocycles. The van der Waals surface area contributed by atoms with Crippen molar-refractivity contribution in [2.24, 2.45) is 0 Å². The lowest BCUT2D eigenvalue weighted by molar-refractivity contribution is -0.138. The number of carbonyl (C=O) groups is 1. The third kappa shape index (κ3) is 4.67. The van der Waals surface area contributed by atoms with Crippen LogP contribution < -0.4 is 5.32 Å². The van der Waals surface area contributed by atoms with Crippen LogP contribution in [-0.2, 0) is 11.0 Å². The van der Waals surface area contributed by atoms with E-state index in [9.17, 15) is 18.0 Å². The first-order chi connectivity index (χ1) is 16.7. The maximum Gasteiger partial charge on any atom is 0.416 e. The molecule has 0 saturated carbocycles. The number of hydrogen-bond donors (Lipinski definition) is 1. The van der Waals surface area contributed by atoms with Crippen molar-refractivity contribution in [3.8, 4) is 0 Å². The highest BCUT2D eigenvalue weighted by atomic mass is 35.5. The zero-order chi connectivity index (χ0) is 24.7. The first kappa shape index (κ1) is 23.8. The molecule has 5 rings (SSSR count). The van der Waals surface area contributed by atoms with Crippen LogP contribution >= 0.6 is 11.6 Å². The van der Waals surface area contributed by atoms with Gasteiger partial charge >= 0.3 is 6.18 Å². The maximum absolute atomic E-state index is 13.7. The lowest BCUT2D eigenvalue weighted by Gasteiger charge is -2.29. The largest absolute Gasteiger partial charge is 0.416 e. The standard InChI is InChI=1S/C25H25ClF3N5O/c1-15(19-6-5-18(26)14-20(19)25(27,28)29)34-23-13-17(4-7-21(23)31-32-34)16-8-11-33(12-9-16)24(35)22-3-2-10-30-22/h4-8,13-15,22,30H,2-3,9-12H2,1H3/t15?,22-/m1/s1. The smallest absolute Gasteiger partial charge is 0.337 e. The predicted octanol–water partition coefficient (Wildman–Crippen LogP) is 5.08. The van der Waals surface area contributed by atoms with Gasteiger partial charge in [-0.2, -0.15) is 13.2 Å². The van der Waals surface area contributed by atoms with Crippen molar-refractivity contribution in [1.82, 2.24) is 25.2 Å². The van der Waals surface area contributed by atoms with Crippen LogP contribution in [0.25, 0.3) is 16.6 Å². The van der Waals surface area contributed by atoms with Gasteiger partial charge in [-0.1, -0.05) is 35.0 Å². The van der Waals surface area contributed by atoms with E-state index in [-0.39, 0.29) is 22.5 Å². The lowest BCUT2D eigenvalue weighted by atomic mass is 9.98. The van der Waals surface area contributed by atoms with Crippen molar-refractivity contribution in [1.29, 1.82) is 0 Å². The summed E-state index contributed by atoms with van der Waals surface area (Å²) in [6.07, 6.45) is 0.111. The van der Waals surface area contributed by atoms with E-state index < -0.39 is 17.8 Å². The van der Waals surface area contributed by atoms with E-state index in [1.807, 2.05) is 23.1 Å². The number of amides is 1. The second kappa shape index (κ2) is 9.28. The third-order valence-corrected chi connectivity index (χ3v) is 7.09. The molecule has 1 aromatic heterocycles. The second-order valence-corrected chi connectivity index (χ2v) is 9.49. The molecule has 35 heavy (non-hydrogen) atoms. The Balaban J connectivity index is 1.43. The minimum atomic E-state index is -4.54. The van der Waals surface area contributed by atoms with Gasteiger partial charge in [0.15, 0.2) is 0 Å². The molecule has 184 valence electrons. The number of aromatic nitrogens is 3. The number of rotatable bonds is 4. The zero-order valence-corrected chi connectivity index (χ0v) is 19.9. The van der Waals surface area contributed by atoms with Gasteiger partial charge in [0, 0.05) is 18.1 Å². The maximum atomic E-state index is 13.7. The van der Waals surface area contributed by atoms with Crippen molar-refractivity contribution in [3.05, 3.63) is 64.2 Å². The molecule has 3 aromatic rings. The second-order valence-electron chi connectivity index (χ2n) is 9.06. The van der Waals surface area contributed by atoms with Gasteiger partial charge in [-0.3, -0.25) is 4.79 Å². The average molecular weight is 504 g/mol. The number of carbonyl (C=O) groups excluding carboxylic acids is 1. The molecule has 3 heterocycles. The number of alkyl halides is 3. The van der Waals surface area contributed by atoms with E-state index in [0.29, 0.717) is 30.5 Å². The summed E-state index contributed by atoms with van der Waals surface area (Å²) < 4.78 is 42.6. The molecular weight excluding hydrogens is 479 g/mol. The summed E-state index contributed by atoms with van der Waals surface area (Å²) in [5.41, 5.74) is 2.58. The fourth-order valence-electron chi connectivity index (χ4n) is 4.94. The Hall–Kier alpha value is -2.91. The third-order valence-electron chi connectivity index (χ3n) is 6.86. The molecular formula is C25H25ClF3N5O. The lowest BCUT2D eigenvalue weighted by Crippen LogP contribution is -2.45. The van der Waals surface area contributed by atoms with Crippen molar-refractivity contribution < 1.29 is 18.0 Å². The molecule has 0 spiro atoms. The van der Waals surface area contributed by atoms with Crippen LogP contribution in [0.1, 0.15) is 48.9 Å². The van der Waals surface area contributed by atoms with E-state index in [0.717, 1.165) is 36.6 Å². The van der Waals surface area contributed by atoms with Gasteiger partial charge in [-0.15, -0.1) is 5.10 Å². The minimum absolute atomic E-state index is 0.0273. The van der Waals surface area contributed by atoms with Gasteiger partial charge in [0.1, 0.15) is 5.52 Å². The molecule has 10 heteroatoms. The molecule has 1 N–H and O–H groups in total. The predicted molar refractivity (Wildman–Crippen MR) is 128 cm³/mol. The Morgan fingerprint density at radius 2 is 2.06 bits per heavy atom. The molecule has 1 saturated heterocycles. The summed E-state index contributed by atoms with van der Waals surface area (Å²) in [5.74, 6) is 0.146. The normalized spacial score (nSPS) is 19.7. The van der Waals surface area contributed by atoms with E-state index in [1.165, 1.54) is 16.8 Å². The number of fused-ring (bicyclic) bond motifs is 1. The number of nitrogens with zero attached hydrogens (tertiary/aromatic N) is 4. The van der Waals surface area contributed by atoms with Gasteiger partial charge in [-0.05, 0) is 73.7 Å². The summed E-state index contributed by atoms with van der Waals surface area (Å²) in [5, 5.41) is 11.6. The quantitative estimate of drug-likeness (QED) is 0.539. The molecule has 2 aromatic carbocycles. The zero-order valence-electron chi connectivity index (χ0n) is 19.1. The Morgan fingerprint density at radius 3 is 2.74 bits per heavy atom. The molecule has 1 fully saturated rings. The Kier molecular flexibility index (Phi) is 6.31. The van der Waals surface area contributed by atoms with E-state index in [4.69, 9.17) is 11.6 Å². The van der Waals surface area contributed by atoms with Gasteiger partial charge in [0.25, 0.3) is 0 Å². The van der Waals surface area contributed by atoms with Gasteiger partial charge in [0.05, 0.1) is 23.2 Å².